The van der Waals surface area contributed by atoms with Crippen LogP contribution in [0.3, 0.4) is 0 Å². The number of anilines is 1. The summed E-state index contributed by atoms with van der Waals surface area (Å²) in [4.78, 5) is 46.7. The van der Waals surface area contributed by atoms with Crippen molar-refractivity contribution in [2.45, 2.75) is 44.3 Å². The second kappa shape index (κ2) is 11.8. The largest absolute Gasteiger partial charge is 0.387 e. The minimum Gasteiger partial charge on any atom is -0.387 e. The number of hydrogen-bond donors (Lipinski definition) is 5. The Bertz CT molecular complexity index is 1840. The quantitative estimate of drug-likeness (QED) is 0.143. The monoisotopic (exact) mass is 677 g/mol. The zero-order chi connectivity index (χ0) is 30.5. The number of nitrogens with one attached hydrogen (secondary N) is 1. The molecule has 19 nitrogen and oxygen atoms in total. The van der Waals surface area contributed by atoms with E-state index in [-0.39, 0.29) is 49.3 Å². The molecule has 0 amide bonds. The van der Waals surface area contributed by atoms with Gasteiger partial charge in [0.2, 0.25) is 5.95 Å². The molecule has 4 aromatic rings. The molecule has 2 bridgehead atoms. The van der Waals surface area contributed by atoms with E-state index in [0.717, 1.165) is 0 Å². The predicted molar refractivity (Wildman–Crippen MR) is 153 cm³/mol. The average Bonchev–Trinajstić information content (AvgIpc) is 3.60. The molecule has 1 saturated heterocycles. The first kappa shape index (κ1) is 30.6. The van der Waals surface area contributed by atoms with Crippen molar-refractivity contribution in [3.8, 4) is 0 Å². The number of nitrogens with two attached hydrogens (primary N) is 1. The highest BCUT2D eigenvalue weighted by atomic mass is 32.7. The molecule has 0 aliphatic carbocycles. The van der Waals surface area contributed by atoms with E-state index >= 15 is 0 Å². The second-order valence-electron chi connectivity index (χ2n) is 9.35. The SMILES string of the molecule is COCc1ncc2nc3n(c2n1)CCOP(O)(=S)OC[C@H]1O[C@@H](n2cnc4c(=O)[nH]c(N)nc42)[C@H](OP(=O)(S)OC3)[C@@H]1O. The maximum absolute atomic E-state index is 13.5. The predicted octanol–water partition coefficient (Wildman–Crippen LogP) is 0.150. The van der Waals surface area contributed by atoms with Crippen molar-refractivity contribution < 1.29 is 42.1 Å². The number of aromatic amines is 1. The number of H-pyrrole nitrogens is 1. The van der Waals surface area contributed by atoms with Crippen molar-refractivity contribution in [2.75, 3.05) is 26.1 Å². The van der Waals surface area contributed by atoms with Gasteiger partial charge >= 0.3 is 13.5 Å². The van der Waals surface area contributed by atoms with Crippen LogP contribution in [0.5, 0.6) is 0 Å². The standard InChI is InChI=1S/C20H25N9O10P2S2/c1-34-6-11-22-4-9-16(25-11)28-2-3-35-40(32,42)36-5-10-14(30)15(39-41(33,43)37-7-12(28)24-9)19(38-10)29-8-23-13-17(29)26-20(21)27-18(13)31/h4,8,10,14-15,19,30H,2-3,5-7H2,1H3,(H,32,42)(H,33,43)(H3,21,26,27,31)/t10-,14-,15-,19-,40?,41?/m1/s1. The lowest BCUT2D eigenvalue weighted by molar-refractivity contribution is -0.0476. The molecule has 0 aromatic carbocycles. The van der Waals surface area contributed by atoms with Gasteiger partial charge in [-0.15, -0.1) is 0 Å². The summed E-state index contributed by atoms with van der Waals surface area (Å²) in [7, 11) is 1.50. The smallest absolute Gasteiger partial charge is 0.387 e. The van der Waals surface area contributed by atoms with Crippen LogP contribution in [0.4, 0.5) is 5.95 Å². The third-order valence-corrected chi connectivity index (χ3v) is 9.72. The number of aromatic nitrogens is 8. The van der Waals surface area contributed by atoms with E-state index in [1.54, 1.807) is 4.57 Å². The number of nitrogen functional groups attached to an aromatic ring is 1. The Morgan fingerprint density at radius 3 is 2.86 bits per heavy atom. The Morgan fingerprint density at radius 2 is 2.07 bits per heavy atom. The van der Waals surface area contributed by atoms with Gasteiger partial charge in [0.1, 0.15) is 42.9 Å². The Kier molecular flexibility index (Phi) is 8.44. The van der Waals surface area contributed by atoms with E-state index in [1.165, 1.54) is 24.2 Å². The number of rotatable bonds is 3. The molecule has 43 heavy (non-hydrogen) atoms. The molecule has 6 heterocycles. The zero-order valence-electron chi connectivity index (χ0n) is 22.1. The third kappa shape index (κ3) is 6.26. The Balaban J connectivity index is 1.37. The molecule has 5 N–H and O–H groups in total. The normalized spacial score (nSPS) is 30.7. The number of thiol groups is 1. The average molecular weight is 678 g/mol. The molecule has 23 heteroatoms. The highest BCUT2D eigenvalue weighted by Gasteiger charge is 2.49. The number of fused-ring (bicyclic) bond motifs is 6. The summed E-state index contributed by atoms with van der Waals surface area (Å²) in [5.74, 6) is 0.433. The van der Waals surface area contributed by atoms with Gasteiger partial charge in [-0.1, -0.05) is 12.2 Å². The fraction of sp³-hybridized carbons (Fsp3) is 0.500. The molecule has 0 radical (unpaired) electrons. The fourth-order valence-corrected chi connectivity index (χ4v) is 7.15. The zero-order valence-corrected chi connectivity index (χ0v) is 25.6. The van der Waals surface area contributed by atoms with Crippen LogP contribution < -0.4 is 11.3 Å². The molecule has 2 unspecified atom stereocenters. The first-order valence-corrected chi connectivity index (χ1v) is 17.8. The molecule has 232 valence electrons. The van der Waals surface area contributed by atoms with Gasteiger partial charge in [-0.2, -0.15) is 4.98 Å². The molecular weight excluding hydrogens is 652 g/mol. The van der Waals surface area contributed by atoms with Gasteiger partial charge in [0.15, 0.2) is 28.9 Å². The lowest BCUT2D eigenvalue weighted by atomic mass is 10.1. The van der Waals surface area contributed by atoms with Gasteiger partial charge in [0.25, 0.3) is 5.56 Å². The highest BCUT2D eigenvalue weighted by molar-refractivity contribution is 8.44. The molecule has 1 fully saturated rings. The van der Waals surface area contributed by atoms with E-state index in [2.05, 4.69) is 42.2 Å². The minimum absolute atomic E-state index is 0.00351. The van der Waals surface area contributed by atoms with Crippen LogP contribution in [-0.4, -0.2) is 87.7 Å². The Labute approximate surface area is 251 Å². The van der Waals surface area contributed by atoms with Gasteiger partial charge in [-0.3, -0.25) is 23.4 Å². The molecule has 4 aromatic heterocycles. The maximum atomic E-state index is 13.5. The summed E-state index contributed by atoms with van der Waals surface area (Å²) in [5.41, 5.74) is 5.81. The highest BCUT2D eigenvalue weighted by Crippen LogP contribution is 2.57. The van der Waals surface area contributed by atoms with Crippen molar-refractivity contribution in [3.05, 3.63) is 34.5 Å². The van der Waals surface area contributed by atoms with Gasteiger partial charge in [0.05, 0.1) is 25.7 Å². The lowest BCUT2D eigenvalue weighted by Crippen LogP contribution is -2.35. The molecule has 2 aliphatic heterocycles. The summed E-state index contributed by atoms with van der Waals surface area (Å²) < 4.78 is 49.8. The fourth-order valence-electron chi connectivity index (χ4n) is 4.64. The third-order valence-electron chi connectivity index (χ3n) is 6.51. The van der Waals surface area contributed by atoms with Crippen LogP contribution in [0.15, 0.2) is 17.3 Å². The first-order chi connectivity index (χ1) is 20.4. The number of aliphatic hydroxyl groups excluding tert-OH is 1. The van der Waals surface area contributed by atoms with E-state index < -0.39 is 50.2 Å². The van der Waals surface area contributed by atoms with Crippen LogP contribution >= 0.6 is 25.8 Å². The Hall–Kier alpha value is -2.39. The van der Waals surface area contributed by atoms with Crippen molar-refractivity contribution in [1.29, 1.82) is 0 Å². The second-order valence-corrected chi connectivity index (χ2v) is 15.1. The van der Waals surface area contributed by atoms with Gasteiger partial charge in [0, 0.05) is 13.7 Å². The van der Waals surface area contributed by atoms with Crippen LogP contribution in [0.25, 0.3) is 22.3 Å². The van der Waals surface area contributed by atoms with Gasteiger partial charge < -0.3 is 38.8 Å². The van der Waals surface area contributed by atoms with Crippen molar-refractivity contribution in [2.24, 2.45) is 0 Å². The van der Waals surface area contributed by atoms with Crippen LogP contribution in [-0.2, 0) is 63.7 Å². The van der Waals surface area contributed by atoms with E-state index in [0.29, 0.717) is 17.0 Å². The summed E-state index contributed by atoms with van der Waals surface area (Å²) in [6, 6.07) is 0. The number of hydrogen-bond acceptors (Lipinski definition) is 16. The molecule has 2 aliphatic rings. The summed E-state index contributed by atoms with van der Waals surface area (Å²) in [5, 5.41) is 11.2. The van der Waals surface area contributed by atoms with Crippen molar-refractivity contribution >= 4 is 65.8 Å². The van der Waals surface area contributed by atoms with Crippen molar-refractivity contribution in [3.63, 3.8) is 0 Å². The Morgan fingerprint density at radius 1 is 1.26 bits per heavy atom. The molecule has 6 rings (SSSR count). The topological polar surface area (TPSA) is 246 Å². The molecule has 6 atom stereocenters. The summed E-state index contributed by atoms with van der Waals surface area (Å²) in [6.07, 6.45) is -2.71. The summed E-state index contributed by atoms with van der Waals surface area (Å²) in [6.45, 7) is -8.82. The molecule has 0 spiro atoms. The number of aliphatic hydroxyl groups is 1. The minimum atomic E-state index is -4.26. The first-order valence-electron chi connectivity index (χ1n) is 12.5. The number of imidazole rings is 2. The number of ether oxygens (including phenoxy) is 2. The van der Waals surface area contributed by atoms with Crippen LogP contribution in [0.2, 0.25) is 0 Å². The van der Waals surface area contributed by atoms with E-state index in [4.69, 9.17) is 45.1 Å². The van der Waals surface area contributed by atoms with Crippen LogP contribution in [0.1, 0.15) is 17.9 Å². The van der Waals surface area contributed by atoms with Crippen LogP contribution in [0, 0.1) is 0 Å². The number of methoxy groups -OCH3 is 1. The van der Waals surface area contributed by atoms with E-state index in [9.17, 15) is 19.4 Å². The van der Waals surface area contributed by atoms with Gasteiger partial charge in [-0.05, 0) is 11.8 Å². The number of nitrogens with zero attached hydrogens (tertiary/aromatic N) is 7. The molecular formula is C20H25N9O10P2S2. The maximum Gasteiger partial charge on any atom is 0.387 e. The van der Waals surface area contributed by atoms with Crippen molar-refractivity contribution in [1.82, 2.24) is 39.0 Å². The lowest BCUT2D eigenvalue weighted by Gasteiger charge is -2.24. The molecule has 0 saturated carbocycles. The van der Waals surface area contributed by atoms with E-state index in [1.807, 2.05) is 0 Å². The van der Waals surface area contributed by atoms with Gasteiger partial charge in [-0.25, -0.2) is 24.5 Å². The summed E-state index contributed by atoms with van der Waals surface area (Å²) >= 11 is 9.29.